The molecule has 0 saturated carbocycles. The normalized spacial score (nSPS) is 16.2. The van der Waals surface area contributed by atoms with Gasteiger partial charge in [0.05, 0.1) is 10.6 Å². The van der Waals surface area contributed by atoms with Crippen molar-refractivity contribution in [2.24, 2.45) is 5.10 Å². The van der Waals surface area contributed by atoms with Crippen molar-refractivity contribution >= 4 is 34.6 Å². The molecule has 0 spiro atoms. The highest BCUT2D eigenvalue weighted by molar-refractivity contribution is 6.30. The topological polar surface area (TPSA) is 116 Å². The van der Waals surface area contributed by atoms with Crippen LogP contribution in [0.4, 0.5) is 11.4 Å². The molecule has 2 aromatic rings. The smallest absolute Gasteiger partial charge is 0.314 e. The summed E-state index contributed by atoms with van der Waals surface area (Å²) in [6.45, 7) is 0. The number of carbonyl (C=O) groups excluding carboxylic acids is 1. The van der Waals surface area contributed by atoms with Crippen molar-refractivity contribution in [1.82, 2.24) is 0 Å². The lowest BCUT2D eigenvalue weighted by Crippen LogP contribution is -2.46. The molecule has 1 amide bonds. The van der Waals surface area contributed by atoms with Crippen molar-refractivity contribution in [3.63, 3.8) is 0 Å². The Morgan fingerprint density at radius 2 is 1.67 bits per heavy atom. The van der Waals surface area contributed by atoms with Crippen LogP contribution < -0.4 is 5.01 Å². The summed E-state index contributed by atoms with van der Waals surface area (Å²) in [5.41, 5.74) is -0.0127. The first-order chi connectivity index (χ1) is 11.3. The maximum atomic E-state index is 12.2. The third-order valence-corrected chi connectivity index (χ3v) is 3.70. The maximum Gasteiger partial charge on any atom is 0.314 e. The van der Waals surface area contributed by atoms with Gasteiger partial charge in [-0.1, -0.05) is 11.6 Å². The Kier molecular flexibility index (Phi) is 3.80. The largest absolute Gasteiger partial charge is 0.353 e. The minimum atomic E-state index is -2.84. The van der Waals surface area contributed by atoms with Crippen LogP contribution in [-0.2, 0) is 4.79 Å². The van der Waals surface area contributed by atoms with Crippen molar-refractivity contribution in [3.05, 3.63) is 69.2 Å². The van der Waals surface area contributed by atoms with Crippen LogP contribution >= 0.6 is 11.6 Å². The van der Waals surface area contributed by atoms with Crippen molar-refractivity contribution < 1.29 is 19.9 Å². The Balaban J connectivity index is 2.02. The van der Waals surface area contributed by atoms with Gasteiger partial charge >= 0.3 is 5.91 Å². The van der Waals surface area contributed by atoms with E-state index in [1.165, 1.54) is 48.5 Å². The van der Waals surface area contributed by atoms with E-state index >= 15 is 0 Å². The van der Waals surface area contributed by atoms with Gasteiger partial charge < -0.3 is 10.2 Å². The molecule has 0 bridgehead atoms. The minimum absolute atomic E-state index is 0.167. The molecule has 0 unspecified atom stereocenters. The first-order valence-electron chi connectivity index (χ1n) is 6.69. The molecule has 0 aromatic heterocycles. The Labute approximate surface area is 140 Å². The zero-order valence-electron chi connectivity index (χ0n) is 12.0. The van der Waals surface area contributed by atoms with Crippen LogP contribution in [0.1, 0.15) is 5.56 Å². The van der Waals surface area contributed by atoms with E-state index in [1.807, 2.05) is 0 Å². The summed E-state index contributed by atoms with van der Waals surface area (Å²) in [5, 5.41) is 36.2. The lowest BCUT2D eigenvalue weighted by molar-refractivity contribution is -0.384. The molecule has 8 nitrogen and oxygen atoms in total. The number of nitro benzene ring substituents is 1. The first-order valence-corrected chi connectivity index (χ1v) is 7.07. The van der Waals surface area contributed by atoms with E-state index < -0.39 is 16.6 Å². The molecule has 2 N–H and O–H groups in total. The molecular formula is C15H10ClN3O5. The summed E-state index contributed by atoms with van der Waals surface area (Å²) >= 11 is 5.78. The predicted molar refractivity (Wildman–Crippen MR) is 85.7 cm³/mol. The van der Waals surface area contributed by atoms with Crippen molar-refractivity contribution in [1.29, 1.82) is 0 Å². The molecule has 1 aliphatic rings. The average Bonchev–Trinajstić information content (AvgIpc) is 2.79. The van der Waals surface area contributed by atoms with Crippen LogP contribution in [0.25, 0.3) is 0 Å². The molecule has 0 atom stereocenters. The number of halogens is 1. The number of carbonyl (C=O) groups is 1. The van der Waals surface area contributed by atoms with Crippen molar-refractivity contribution in [3.8, 4) is 0 Å². The van der Waals surface area contributed by atoms with E-state index in [2.05, 4.69) is 5.10 Å². The second-order valence-electron chi connectivity index (χ2n) is 5.02. The standard InChI is InChI=1S/C15H10ClN3O5/c16-10-3-7-11(8-4-10)18-14(20)15(21,22)13(17-18)9-1-5-12(6-2-9)19(23)24/h1-8,21-22H. The maximum absolute atomic E-state index is 12.2. The van der Waals surface area contributed by atoms with Crippen LogP contribution in [-0.4, -0.2) is 32.5 Å². The monoisotopic (exact) mass is 347 g/mol. The number of anilines is 1. The van der Waals surface area contributed by atoms with Crippen LogP contribution in [0.5, 0.6) is 0 Å². The minimum Gasteiger partial charge on any atom is -0.353 e. The van der Waals surface area contributed by atoms with E-state index in [9.17, 15) is 25.1 Å². The van der Waals surface area contributed by atoms with Crippen LogP contribution in [0.3, 0.4) is 0 Å². The summed E-state index contributed by atoms with van der Waals surface area (Å²) in [7, 11) is 0. The van der Waals surface area contributed by atoms with E-state index in [1.54, 1.807) is 0 Å². The van der Waals surface area contributed by atoms with Gasteiger partial charge in [0.25, 0.3) is 11.5 Å². The molecular weight excluding hydrogens is 338 g/mol. The molecule has 1 aliphatic heterocycles. The fourth-order valence-corrected chi connectivity index (χ4v) is 2.35. The Bertz CT molecular complexity index is 846. The third kappa shape index (κ3) is 2.62. The van der Waals surface area contributed by atoms with Crippen LogP contribution in [0.2, 0.25) is 5.02 Å². The second-order valence-corrected chi connectivity index (χ2v) is 5.45. The first kappa shape index (κ1) is 16.1. The van der Waals surface area contributed by atoms with E-state index in [0.29, 0.717) is 10.7 Å². The number of hydrogen-bond acceptors (Lipinski definition) is 6. The number of non-ortho nitro benzene ring substituents is 1. The molecule has 0 aliphatic carbocycles. The number of rotatable bonds is 3. The van der Waals surface area contributed by atoms with E-state index in [-0.39, 0.29) is 17.0 Å². The number of nitro groups is 1. The number of aliphatic hydroxyl groups is 2. The summed E-state index contributed by atoms with van der Waals surface area (Å²) in [5.74, 6) is -3.89. The highest BCUT2D eigenvalue weighted by Crippen LogP contribution is 2.29. The van der Waals surface area contributed by atoms with Crippen molar-refractivity contribution in [2.45, 2.75) is 5.79 Å². The summed E-state index contributed by atoms with van der Waals surface area (Å²) in [6.07, 6.45) is 0. The van der Waals surface area contributed by atoms with E-state index in [0.717, 1.165) is 5.01 Å². The molecule has 0 saturated heterocycles. The zero-order valence-corrected chi connectivity index (χ0v) is 12.7. The molecule has 2 aromatic carbocycles. The number of nitrogens with zero attached hydrogens (tertiary/aromatic N) is 3. The summed E-state index contributed by atoms with van der Waals surface area (Å²) in [4.78, 5) is 22.3. The second kappa shape index (κ2) is 5.68. The average molecular weight is 348 g/mol. The van der Waals surface area contributed by atoms with Crippen LogP contribution in [0.15, 0.2) is 53.6 Å². The van der Waals surface area contributed by atoms with Gasteiger partial charge in [0.15, 0.2) is 0 Å². The molecule has 0 radical (unpaired) electrons. The quantitative estimate of drug-likeness (QED) is 0.497. The fraction of sp³-hybridized carbons (Fsp3) is 0.0667. The number of hydrazone groups is 1. The van der Waals surface area contributed by atoms with E-state index in [4.69, 9.17) is 11.6 Å². The van der Waals surface area contributed by atoms with Crippen molar-refractivity contribution in [2.75, 3.05) is 5.01 Å². The lowest BCUT2D eigenvalue weighted by atomic mass is 10.0. The third-order valence-electron chi connectivity index (χ3n) is 3.44. The van der Waals surface area contributed by atoms with Gasteiger partial charge in [-0.15, -0.1) is 0 Å². The van der Waals surface area contributed by atoms with Gasteiger partial charge in [-0.2, -0.15) is 10.1 Å². The fourth-order valence-electron chi connectivity index (χ4n) is 2.22. The number of benzene rings is 2. The SMILES string of the molecule is O=C1N(c2ccc(Cl)cc2)N=C(c2ccc([N+](=O)[O-])cc2)C1(O)O. The Morgan fingerprint density at radius 1 is 1.08 bits per heavy atom. The molecule has 9 heteroatoms. The highest BCUT2D eigenvalue weighted by Gasteiger charge is 2.49. The van der Waals surface area contributed by atoms with Gasteiger partial charge in [-0.25, -0.2) is 0 Å². The summed E-state index contributed by atoms with van der Waals surface area (Å²) < 4.78 is 0. The highest BCUT2D eigenvalue weighted by atomic mass is 35.5. The molecule has 122 valence electrons. The predicted octanol–water partition coefficient (Wildman–Crippen LogP) is 1.68. The Hall–Kier alpha value is -2.81. The molecule has 1 heterocycles. The van der Waals surface area contributed by atoms with Gasteiger partial charge in [-0.05, 0) is 36.4 Å². The lowest BCUT2D eigenvalue weighted by Gasteiger charge is -2.17. The summed E-state index contributed by atoms with van der Waals surface area (Å²) in [6, 6.07) is 11.0. The molecule has 24 heavy (non-hydrogen) atoms. The van der Waals surface area contributed by atoms with Gasteiger partial charge in [0.2, 0.25) is 0 Å². The molecule has 0 fully saturated rings. The number of hydrogen-bond donors (Lipinski definition) is 2. The number of amides is 1. The van der Waals surface area contributed by atoms with Crippen LogP contribution in [0, 0.1) is 10.1 Å². The van der Waals surface area contributed by atoms with Gasteiger partial charge in [0.1, 0.15) is 5.71 Å². The van der Waals surface area contributed by atoms with Gasteiger partial charge in [0, 0.05) is 22.7 Å². The zero-order chi connectivity index (χ0) is 17.5. The van der Waals surface area contributed by atoms with Gasteiger partial charge in [-0.3, -0.25) is 14.9 Å². The Morgan fingerprint density at radius 3 is 2.21 bits per heavy atom. The molecule has 3 rings (SSSR count).